The molecule has 0 radical (unpaired) electrons. The minimum Gasteiger partial charge on any atom is -0.465 e. The van der Waals surface area contributed by atoms with Crippen molar-refractivity contribution in [3.05, 3.63) is 21.4 Å². The van der Waals surface area contributed by atoms with E-state index in [-0.39, 0.29) is 0 Å². The third kappa shape index (κ3) is 2.86. The molecule has 1 aromatic heterocycles. The van der Waals surface area contributed by atoms with Gasteiger partial charge in [0.15, 0.2) is 0 Å². The second kappa shape index (κ2) is 6.06. The van der Waals surface area contributed by atoms with Crippen LogP contribution in [0.2, 0.25) is 5.15 Å². The number of anilines is 1. The van der Waals surface area contributed by atoms with Crippen molar-refractivity contribution in [1.82, 2.24) is 4.98 Å². The Morgan fingerprint density at radius 2 is 2.38 bits per heavy atom. The normalized spacial score (nSPS) is 10.0. The Morgan fingerprint density at radius 3 is 2.94 bits per heavy atom. The van der Waals surface area contributed by atoms with Crippen LogP contribution in [0.15, 0.2) is 10.7 Å². The summed E-state index contributed by atoms with van der Waals surface area (Å²) in [4.78, 5) is 15.4. The number of aromatic nitrogens is 1. The molecule has 1 rings (SSSR count). The lowest BCUT2D eigenvalue weighted by molar-refractivity contribution is 0.0601. The van der Waals surface area contributed by atoms with Crippen molar-refractivity contribution in [3.8, 4) is 0 Å². The Hall–Kier alpha value is -0.810. The summed E-state index contributed by atoms with van der Waals surface area (Å²) >= 11 is 9.16. The monoisotopic (exact) mass is 306 g/mol. The van der Waals surface area contributed by atoms with Gasteiger partial charge >= 0.3 is 5.97 Å². The van der Waals surface area contributed by atoms with Crippen molar-refractivity contribution in [3.63, 3.8) is 0 Å². The zero-order chi connectivity index (χ0) is 12.1. The number of nitrogens with zero attached hydrogens (tertiary/aromatic N) is 1. The second-order valence-corrected chi connectivity index (χ2v) is 4.22. The number of ether oxygens (including phenoxy) is 1. The third-order valence-corrected chi connectivity index (χ3v) is 3.22. The molecule has 1 N–H and O–H groups in total. The molecular formula is C10H12BrClN2O2. The summed E-state index contributed by atoms with van der Waals surface area (Å²) < 4.78 is 5.24. The second-order valence-electron chi connectivity index (χ2n) is 3.07. The van der Waals surface area contributed by atoms with E-state index in [4.69, 9.17) is 11.6 Å². The van der Waals surface area contributed by atoms with Crippen LogP contribution in [0.5, 0.6) is 0 Å². The quantitative estimate of drug-likeness (QED) is 0.686. The summed E-state index contributed by atoms with van der Waals surface area (Å²) in [5.41, 5.74) is 0.987. The average molecular weight is 308 g/mol. The van der Waals surface area contributed by atoms with Gasteiger partial charge in [0.2, 0.25) is 0 Å². The van der Waals surface area contributed by atoms with Crippen LogP contribution >= 0.6 is 27.5 Å². The summed E-state index contributed by atoms with van der Waals surface area (Å²) in [6.07, 6.45) is 2.34. The number of pyridine rings is 1. The lowest BCUT2D eigenvalue weighted by atomic mass is 10.2. The van der Waals surface area contributed by atoms with Gasteiger partial charge in [-0.25, -0.2) is 9.78 Å². The molecule has 0 bridgehead atoms. The molecule has 0 unspecified atom stereocenters. The first-order valence-corrected chi connectivity index (χ1v) is 5.95. The van der Waals surface area contributed by atoms with Crippen LogP contribution in [0.4, 0.5) is 5.69 Å². The summed E-state index contributed by atoms with van der Waals surface area (Å²) in [7, 11) is 1.33. The molecule has 0 saturated carbocycles. The van der Waals surface area contributed by atoms with Gasteiger partial charge in [-0.05, 0) is 22.4 Å². The van der Waals surface area contributed by atoms with Crippen LogP contribution in [-0.2, 0) is 4.74 Å². The zero-order valence-corrected chi connectivity index (χ0v) is 11.4. The highest BCUT2D eigenvalue weighted by molar-refractivity contribution is 9.10. The van der Waals surface area contributed by atoms with Crippen LogP contribution in [0.1, 0.15) is 23.7 Å². The topological polar surface area (TPSA) is 51.2 Å². The molecule has 0 aliphatic rings. The van der Waals surface area contributed by atoms with Gasteiger partial charge in [-0.2, -0.15) is 0 Å². The Morgan fingerprint density at radius 1 is 1.69 bits per heavy atom. The molecule has 6 heteroatoms. The summed E-state index contributed by atoms with van der Waals surface area (Å²) in [5.74, 6) is -0.441. The molecule has 0 spiro atoms. The number of hydrogen-bond acceptors (Lipinski definition) is 4. The smallest absolute Gasteiger partial charge is 0.341 e. The highest BCUT2D eigenvalue weighted by atomic mass is 79.9. The largest absolute Gasteiger partial charge is 0.465 e. The Labute approximate surface area is 107 Å². The van der Waals surface area contributed by atoms with E-state index in [0.29, 0.717) is 20.9 Å². The number of rotatable bonds is 4. The van der Waals surface area contributed by atoms with E-state index in [1.807, 2.05) is 6.92 Å². The molecule has 1 heterocycles. The number of methoxy groups -OCH3 is 1. The number of nitrogens with one attached hydrogen (secondary N) is 1. The van der Waals surface area contributed by atoms with Crippen LogP contribution < -0.4 is 5.32 Å². The van der Waals surface area contributed by atoms with Crippen molar-refractivity contribution in [2.24, 2.45) is 0 Å². The third-order valence-electron chi connectivity index (χ3n) is 1.93. The predicted octanol–water partition coefficient (Wildman–Crippen LogP) is 3.11. The minimum atomic E-state index is -0.441. The Kier molecular flexibility index (Phi) is 5.02. The van der Waals surface area contributed by atoms with E-state index in [1.165, 1.54) is 13.3 Å². The molecule has 0 aliphatic heterocycles. The van der Waals surface area contributed by atoms with E-state index < -0.39 is 5.97 Å². The first kappa shape index (κ1) is 13.3. The van der Waals surface area contributed by atoms with Crippen molar-refractivity contribution in [2.45, 2.75) is 13.3 Å². The Balaban J connectivity index is 3.16. The van der Waals surface area contributed by atoms with Crippen LogP contribution in [0, 0.1) is 0 Å². The molecule has 0 aromatic carbocycles. The summed E-state index contributed by atoms with van der Waals surface area (Å²) in [5, 5.41) is 3.43. The average Bonchev–Trinajstić information content (AvgIpc) is 2.30. The molecule has 0 fully saturated rings. The highest BCUT2D eigenvalue weighted by Gasteiger charge is 2.17. The van der Waals surface area contributed by atoms with Gasteiger partial charge in [-0.1, -0.05) is 18.5 Å². The first-order chi connectivity index (χ1) is 7.61. The molecule has 16 heavy (non-hydrogen) atoms. The maximum absolute atomic E-state index is 11.5. The van der Waals surface area contributed by atoms with Gasteiger partial charge in [-0.15, -0.1) is 0 Å². The van der Waals surface area contributed by atoms with E-state index in [2.05, 4.69) is 31.0 Å². The van der Waals surface area contributed by atoms with Crippen molar-refractivity contribution < 1.29 is 9.53 Å². The van der Waals surface area contributed by atoms with Gasteiger partial charge in [-0.3, -0.25) is 0 Å². The fraction of sp³-hybridized carbons (Fsp3) is 0.400. The van der Waals surface area contributed by atoms with Crippen LogP contribution in [0.3, 0.4) is 0 Å². The van der Waals surface area contributed by atoms with E-state index in [0.717, 1.165) is 13.0 Å². The summed E-state index contributed by atoms with van der Waals surface area (Å²) in [6.45, 7) is 2.77. The van der Waals surface area contributed by atoms with Gasteiger partial charge < -0.3 is 10.1 Å². The van der Waals surface area contributed by atoms with Gasteiger partial charge in [0.25, 0.3) is 0 Å². The fourth-order valence-electron chi connectivity index (χ4n) is 1.15. The number of carbonyl (C=O) groups excluding carboxylic acids is 1. The van der Waals surface area contributed by atoms with Crippen molar-refractivity contribution in [1.29, 1.82) is 0 Å². The molecule has 88 valence electrons. The molecule has 0 saturated heterocycles. The zero-order valence-electron chi connectivity index (χ0n) is 9.01. The number of esters is 1. The molecule has 0 atom stereocenters. The standard InChI is InChI=1S/C10H12BrClN2O2/c1-3-4-13-8-6(10(15)16-2)5-14-9(12)7(8)11/h5H,3-4H2,1-2H3,(H,13,14). The fourth-order valence-corrected chi connectivity index (χ4v) is 1.75. The van der Waals surface area contributed by atoms with Gasteiger partial charge in [0.05, 0.1) is 17.3 Å². The first-order valence-electron chi connectivity index (χ1n) is 4.78. The number of hydrogen-bond donors (Lipinski definition) is 1. The summed E-state index contributed by atoms with van der Waals surface area (Å²) in [6, 6.07) is 0. The lowest BCUT2D eigenvalue weighted by Gasteiger charge is -2.12. The highest BCUT2D eigenvalue weighted by Crippen LogP contribution is 2.32. The number of carbonyl (C=O) groups is 1. The van der Waals surface area contributed by atoms with Crippen molar-refractivity contribution in [2.75, 3.05) is 19.0 Å². The van der Waals surface area contributed by atoms with Crippen LogP contribution in [0.25, 0.3) is 0 Å². The van der Waals surface area contributed by atoms with Crippen molar-refractivity contribution >= 4 is 39.2 Å². The molecular weight excluding hydrogens is 295 g/mol. The minimum absolute atomic E-state index is 0.311. The SMILES string of the molecule is CCCNc1c(C(=O)OC)cnc(Cl)c1Br. The van der Waals surface area contributed by atoms with Crippen LogP contribution in [-0.4, -0.2) is 24.6 Å². The molecule has 1 aromatic rings. The van der Waals surface area contributed by atoms with E-state index in [1.54, 1.807) is 0 Å². The molecule has 0 amide bonds. The lowest BCUT2D eigenvalue weighted by Crippen LogP contribution is -2.10. The predicted molar refractivity (Wildman–Crippen MR) is 67.1 cm³/mol. The molecule has 0 aliphatic carbocycles. The maximum Gasteiger partial charge on any atom is 0.341 e. The van der Waals surface area contributed by atoms with E-state index >= 15 is 0 Å². The van der Waals surface area contributed by atoms with Gasteiger partial charge in [0.1, 0.15) is 10.7 Å². The maximum atomic E-state index is 11.5. The van der Waals surface area contributed by atoms with Gasteiger partial charge in [0, 0.05) is 12.7 Å². The van der Waals surface area contributed by atoms with E-state index in [9.17, 15) is 4.79 Å². The number of halogens is 2. The molecule has 4 nitrogen and oxygen atoms in total. The Bertz CT molecular complexity index is 399.